The number of aromatic nitrogens is 6. The highest BCUT2D eigenvalue weighted by atomic mass is 32.2. The Morgan fingerprint density at radius 2 is 1.91 bits per heavy atom. The Morgan fingerprint density at radius 3 is 2.47 bits per heavy atom. The largest absolute Gasteiger partial charge is 0.340 e. The molecule has 0 aliphatic heterocycles. The maximum Gasteiger partial charge on any atom is 0.232 e. The molecule has 3 aromatic heterocycles. The molecule has 1 fully saturated rings. The van der Waals surface area contributed by atoms with Crippen LogP contribution in [0.2, 0.25) is 0 Å². The van der Waals surface area contributed by atoms with Crippen LogP contribution in [-0.4, -0.2) is 43.0 Å². The second-order valence-electron chi connectivity index (χ2n) is 8.39. The van der Waals surface area contributed by atoms with Crippen molar-refractivity contribution in [1.29, 1.82) is 0 Å². The summed E-state index contributed by atoms with van der Waals surface area (Å²) in [5.74, 6) is 0.202. The number of halogens is 2. The second-order valence-corrected chi connectivity index (χ2v) is 9.27. The van der Waals surface area contributed by atoms with Crippen molar-refractivity contribution < 1.29 is 8.78 Å². The van der Waals surface area contributed by atoms with Gasteiger partial charge in [0.2, 0.25) is 5.95 Å². The van der Waals surface area contributed by atoms with Gasteiger partial charge >= 0.3 is 0 Å². The van der Waals surface area contributed by atoms with Crippen LogP contribution in [0.3, 0.4) is 0 Å². The van der Waals surface area contributed by atoms with Gasteiger partial charge in [-0.15, -0.1) is 11.8 Å². The third-order valence-corrected chi connectivity index (χ3v) is 6.39. The number of imidazole rings is 1. The molecule has 1 saturated carbocycles. The lowest BCUT2D eigenvalue weighted by Crippen LogP contribution is -2.18. The van der Waals surface area contributed by atoms with Crippen molar-refractivity contribution in [3.63, 3.8) is 0 Å². The third-order valence-electron chi connectivity index (χ3n) is 5.68. The van der Waals surface area contributed by atoms with E-state index < -0.39 is 11.6 Å². The number of H-pyrrole nitrogens is 1. The standard InChI is InChI=1S/C23H24F2N8S/c1-12-7-18(31-30-12)27-22-19(13-5-6-13)20(17-10-32(2)11-26-17)28-23(29-22)33(3)21-15(24)8-14(34-4)9-16(21)25/h7-11,13H,5-6H2,1-4H3,(H2,27,28,29,30,31). The van der Waals surface area contributed by atoms with Crippen LogP contribution in [0, 0.1) is 18.6 Å². The van der Waals surface area contributed by atoms with E-state index in [9.17, 15) is 8.78 Å². The maximum absolute atomic E-state index is 14.9. The minimum absolute atomic E-state index is 0.148. The van der Waals surface area contributed by atoms with Crippen LogP contribution in [0.1, 0.15) is 30.0 Å². The predicted octanol–water partition coefficient (Wildman–Crippen LogP) is 5.30. The number of anilines is 4. The van der Waals surface area contributed by atoms with E-state index in [0.29, 0.717) is 27.9 Å². The van der Waals surface area contributed by atoms with E-state index in [2.05, 4.69) is 20.5 Å². The van der Waals surface area contributed by atoms with Gasteiger partial charge in [-0.3, -0.25) is 5.10 Å². The summed E-state index contributed by atoms with van der Waals surface area (Å²) in [6, 6.07) is 4.48. The Kier molecular flexibility index (Phi) is 5.72. The molecule has 1 aliphatic rings. The number of aryl methyl sites for hydroxylation is 2. The van der Waals surface area contributed by atoms with Crippen LogP contribution in [0.5, 0.6) is 0 Å². The molecule has 0 radical (unpaired) electrons. The van der Waals surface area contributed by atoms with Gasteiger partial charge in [-0.2, -0.15) is 10.1 Å². The summed E-state index contributed by atoms with van der Waals surface area (Å²) in [4.78, 5) is 15.8. The molecule has 0 bridgehead atoms. The lowest BCUT2D eigenvalue weighted by Gasteiger charge is -2.22. The van der Waals surface area contributed by atoms with Crippen molar-refractivity contribution in [2.75, 3.05) is 23.5 Å². The summed E-state index contributed by atoms with van der Waals surface area (Å²) >= 11 is 1.27. The highest BCUT2D eigenvalue weighted by Gasteiger charge is 2.33. The Morgan fingerprint density at radius 1 is 1.18 bits per heavy atom. The normalized spacial score (nSPS) is 13.4. The lowest BCUT2D eigenvalue weighted by atomic mass is 10.1. The second kappa shape index (κ2) is 8.71. The molecule has 0 spiro atoms. The van der Waals surface area contributed by atoms with E-state index in [1.54, 1.807) is 19.6 Å². The summed E-state index contributed by atoms with van der Waals surface area (Å²) in [6.07, 6.45) is 7.35. The first kappa shape index (κ1) is 22.3. The van der Waals surface area contributed by atoms with Crippen molar-refractivity contribution in [3.05, 3.63) is 53.6 Å². The predicted molar refractivity (Wildman–Crippen MR) is 129 cm³/mol. The number of hydrogen-bond acceptors (Lipinski definition) is 7. The van der Waals surface area contributed by atoms with Crippen molar-refractivity contribution in [3.8, 4) is 11.4 Å². The van der Waals surface area contributed by atoms with Gasteiger partial charge in [0, 0.05) is 42.5 Å². The molecular formula is C23H24F2N8S. The van der Waals surface area contributed by atoms with Crippen LogP contribution < -0.4 is 10.2 Å². The van der Waals surface area contributed by atoms with Crippen molar-refractivity contribution >= 4 is 35.0 Å². The van der Waals surface area contributed by atoms with Gasteiger partial charge in [0.05, 0.1) is 6.33 Å². The SMILES string of the molecule is CSc1cc(F)c(N(C)c2nc(Nc3cc(C)[nH]n3)c(C3CC3)c(-c3cn(C)cn3)n2)c(F)c1. The number of aromatic amines is 1. The molecule has 3 heterocycles. The van der Waals surface area contributed by atoms with Gasteiger partial charge < -0.3 is 14.8 Å². The zero-order valence-corrected chi connectivity index (χ0v) is 20.0. The molecule has 0 unspecified atom stereocenters. The van der Waals surface area contributed by atoms with Gasteiger partial charge in [-0.1, -0.05) is 0 Å². The van der Waals surface area contributed by atoms with Gasteiger partial charge in [0.25, 0.3) is 0 Å². The molecule has 2 N–H and O–H groups in total. The number of rotatable bonds is 7. The molecule has 4 aromatic rings. The van der Waals surface area contributed by atoms with Crippen LogP contribution in [0.4, 0.5) is 32.1 Å². The van der Waals surface area contributed by atoms with E-state index in [1.807, 2.05) is 30.8 Å². The quantitative estimate of drug-likeness (QED) is 0.346. The summed E-state index contributed by atoms with van der Waals surface area (Å²) < 4.78 is 31.7. The number of thioether (sulfide) groups is 1. The van der Waals surface area contributed by atoms with E-state index in [1.165, 1.54) is 28.8 Å². The van der Waals surface area contributed by atoms with Crippen LogP contribution in [-0.2, 0) is 7.05 Å². The zero-order valence-electron chi connectivity index (χ0n) is 19.2. The molecular weight excluding hydrogens is 458 g/mol. The highest BCUT2D eigenvalue weighted by Crippen LogP contribution is 2.48. The first-order valence-electron chi connectivity index (χ1n) is 10.8. The minimum atomic E-state index is -0.682. The molecule has 0 amide bonds. The smallest absolute Gasteiger partial charge is 0.232 e. The van der Waals surface area contributed by atoms with Gasteiger partial charge in [-0.05, 0) is 44.1 Å². The van der Waals surface area contributed by atoms with Gasteiger partial charge in [0.1, 0.15) is 22.9 Å². The Labute approximate surface area is 199 Å². The molecule has 11 heteroatoms. The Hall–Kier alpha value is -3.47. The average molecular weight is 483 g/mol. The number of nitrogens with one attached hydrogen (secondary N) is 2. The minimum Gasteiger partial charge on any atom is -0.340 e. The summed E-state index contributed by atoms with van der Waals surface area (Å²) in [7, 11) is 3.43. The first-order valence-corrected chi connectivity index (χ1v) is 12.0. The zero-order chi connectivity index (χ0) is 24.0. The molecule has 0 saturated heterocycles. The Bertz CT molecular complexity index is 1340. The highest BCUT2D eigenvalue weighted by molar-refractivity contribution is 7.98. The first-order chi connectivity index (χ1) is 16.3. The van der Waals surface area contributed by atoms with Crippen molar-refractivity contribution in [2.24, 2.45) is 7.05 Å². The lowest BCUT2D eigenvalue weighted by molar-refractivity contribution is 0.577. The summed E-state index contributed by atoms with van der Waals surface area (Å²) in [5, 5.41) is 10.5. The molecule has 5 rings (SSSR count). The molecule has 0 atom stereocenters. The van der Waals surface area contributed by atoms with Gasteiger partial charge in [-0.25, -0.2) is 18.7 Å². The van der Waals surface area contributed by atoms with Crippen LogP contribution >= 0.6 is 11.8 Å². The number of benzene rings is 1. The molecule has 176 valence electrons. The number of nitrogens with zero attached hydrogens (tertiary/aromatic N) is 6. The van der Waals surface area contributed by atoms with E-state index >= 15 is 0 Å². The number of hydrogen-bond donors (Lipinski definition) is 2. The van der Waals surface area contributed by atoms with Crippen molar-refractivity contribution in [2.45, 2.75) is 30.6 Å². The molecule has 8 nitrogen and oxygen atoms in total. The monoisotopic (exact) mass is 482 g/mol. The van der Waals surface area contributed by atoms with Crippen molar-refractivity contribution in [1.82, 2.24) is 29.7 Å². The Balaban J connectivity index is 1.68. The van der Waals surface area contributed by atoms with E-state index in [4.69, 9.17) is 9.97 Å². The molecule has 34 heavy (non-hydrogen) atoms. The van der Waals surface area contributed by atoms with Gasteiger partial charge in [0.15, 0.2) is 17.5 Å². The fourth-order valence-corrected chi connectivity index (χ4v) is 4.32. The van der Waals surface area contributed by atoms with Crippen LogP contribution in [0.15, 0.2) is 35.6 Å². The third kappa shape index (κ3) is 4.23. The summed E-state index contributed by atoms with van der Waals surface area (Å²) in [5.41, 5.74) is 2.91. The van der Waals surface area contributed by atoms with E-state index in [0.717, 1.165) is 24.1 Å². The summed E-state index contributed by atoms with van der Waals surface area (Å²) in [6.45, 7) is 1.91. The maximum atomic E-state index is 14.9. The average Bonchev–Trinajstić information content (AvgIpc) is 3.42. The fraction of sp³-hybridized carbons (Fsp3) is 0.304. The van der Waals surface area contributed by atoms with Crippen LogP contribution in [0.25, 0.3) is 11.4 Å². The topological polar surface area (TPSA) is 87.5 Å². The fourth-order valence-electron chi connectivity index (χ4n) is 3.88. The molecule has 1 aromatic carbocycles. The molecule has 1 aliphatic carbocycles. The van der Waals surface area contributed by atoms with E-state index in [-0.39, 0.29) is 17.6 Å².